The summed E-state index contributed by atoms with van der Waals surface area (Å²) in [6.45, 7) is 8.56. The van der Waals surface area contributed by atoms with Gasteiger partial charge in [0, 0.05) is 30.9 Å². The lowest BCUT2D eigenvalue weighted by atomic mass is 10.1. The van der Waals surface area contributed by atoms with Crippen molar-refractivity contribution in [1.82, 2.24) is 4.31 Å². The lowest BCUT2D eigenvalue weighted by molar-refractivity contribution is -0.684. The molecule has 1 amide bonds. The Bertz CT molecular complexity index is 905. The molecule has 0 saturated carbocycles. The molecule has 1 aromatic carbocycles. The monoisotopic (exact) mass is 404 g/mol. The van der Waals surface area contributed by atoms with Gasteiger partial charge in [-0.1, -0.05) is 33.3 Å². The lowest BCUT2D eigenvalue weighted by Gasteiger charge is -2.19. The van der Waals surface area contributed by atoms with Gasteiger partial charge in [0.25, 0.3) is 5.91 Å². The molecule has 0 saturated heterocycles. The van der Waals surface area contributed by atoms with E-state index in [0.29, 0.717) is 18.8 Å². The molecule has 0 aliphatic rings. The van der Waals surface area contributed by atoms with Gasteiger partial charge in [0.1, 0.15) is 0 Å². The molecule has 0 atom stereocenters. The van der Waals surface area contributed by atoms with Gasteiger partial charge in [-0.05, 0) is 36.6 Å². The van der Waals surface area contributed by atoms with Crippen molar-refractivity contribution in [2.24, 2.45) is 0 Å². The maximum atomic E-state index is 12.7. The van der Waals surface area contributed by atoms with E-state index in [1.165, 1.54) is 15.9 Å². The Morgan fingerprint density at radius 3 is 2.29 bits per heavy atom. The molecule has 0 bridgehead atoms. The second-order valence-corrected chi connectivity index (χ2v) is 8.68. The maximum Gasteiger partial charge on any atom is 0.290 e. The predicted octanol–water partition coefficient (Wildman–Crippen LogP) is 2.90. The van der Waals surface area contributed by atoms with Crippen LogP contribution in [0.2, 0.25) is 0 Å². The van der Waals surface area contributed by atoms with Crippen molar-refractivity contribution in [2.45, 2.75) is 52.0 Å². The van der Waals surface area contributed by atoms with Crippen molar-refractivity contribution >= 4 is 21.6 Å². The van der Waals surface area contributed by atoms with Crippen LogP contribution in [0.15, 0.2) is 47.6 Å². The average Bonchev–Trinajstić information content (AvgIpc) is 2.66. The fourth-order valence-corrected chi connectivity index (χ4v) is 4.50. The van der Waals surface area contributed by atoms with E-state index in [2.05, 4.69) is 12.2 Å². The zero-order chi connectivity index (χ0) is 20.7. The van der Waals surface area contributed by atoms with Crippen molar-refractivity contribution in [3.63, 3.8) is 0 Å². The Kier molecular flexibility index (Phi) is 7.71. The van der Waals surface area contributed by atoms with Gasteiger partial charge >= 0.3 is 0 Å². The number of hydrogen-bond acceptors (Lipinski definition) is 3. The average molecular weight is 405 g/mol. The number of amides is 1. The number of pyridine rings is 1. The molecule has 0 aliphatic heterocycles. The third kappa shape index (κ3) is 5.39. The first kappa shape index (κ1) is 22.0. The van der Waals surface area contributed by atoms with Gasteiger partial charge in [-0.2, -0.15) is 8.87 Å². The molecule has 1 heterocycles. The first-order valence-corrected chi connectivity index (χ1v) is 11.1. The van der Waals surface area contributed by atoms with Gasteiger partial charge < -0.3 is 5.32 Å². The fraction of sp³-hybridized carbons (Fsp3) is 0.429. The fourth-order valence-electron chi connectivity index (χ4n) is 3.01. The summed E-state index contributed by atoms with van der Waals surface area (Å²) in [5.41, 5.74) is 2.57. The van der Waals surface area contributed by atoms with Crippen molar-refractivity contribution < 1.29 is 17.8 Å². The van der Waals surface area contributed by atoms with Crippen LogP contribution in [-0.4, -0.2) is 31.7 Å². The van der Waals surface area contributed by atoms with Crippen molar-refractivity contribution in [3.05, 3.63) is 53.9 Å². The molecule has 0 spiro atoms. The third-order valence-corrected chi connectivity index (χ3v) is 6.70. The molecule has 0 aliphatic carbocycles. The van der Waals surface area contributed by atoms with E-state index < -0.39 is 10.0 Å². The summed E-state index contributed by atoms with van der Waals surface area (Å²) in [5, 5.41) is 2.84. The molecule has 2 rings (SSSR count). The van der Waals surface area contributed by atoms with E-state index >= 15 is 0 Å². The first-order valence-electron chi connectivity index (χ1n) is 9.70. The quantitative estimate of drug-likeness (QED) is 0.653. The number of aryl methyl sites for hydroxylation is 2. The first-order chi connectivity index (χ1) is 13.3. The Labute approximate surface area is 168 Å². The summed E-state index contributed by atoms with van der Waals surface area (Å²) in [6, 6.07) is 8.87. The molecule has 0 radical (unpaired) electrons. The third-order valence-electron chi connectivity index (χ3n) is 4.65. The number of sulfonamides is 1. The van der Waals surface area contributed by atoms with Crippen LogP contribution in [0.1, 0.15) is 38.3 Å². The molecule has 1 aromatic heterocycles. The van der Waals surface area contributed by atoms with Crippen molar-refractivity contribution in [3.8, 4) is 0 Å². The van der Waals surface area contributed by atoms with E-state index in [0.717, 1.165) is 18.4 Å². The maximum absolute atomic E-state index is 12.7. The molecule has 7 heteroatoms. The topological polar surface area (TPSA) is 70.4 Å². The van der Waals surface area contributed by atoms with Crippen molar-refractivity contribution in [2.75, 3.05) is 18.4 Å². The summed E-state index contributed by atoms with van der Waals surface area (Å²) in [4.78, 5) is 12.6. The van der Waals surface area contributed by atoms with E-state index in [1.807, 2.05) is 31.5 Å². The van der Waals surface area contributed by atoms with Gasteiger partial charge in [-0.15, -0.1) is 0 Å². The Morgan fingerprint density at radius 2 is 1.71 bits per heavy atom. The zero-order valence-electron chi connectivity index (χ0n) is 17.1. The van der Waals surface area contributed by atoms with Crippen LogP contribution in [-0.2, 0) is 27.8 Å². The SMILES string of the molecule is CCCc1cc[n+](CC(=O)Nc2cc(S(=O)(=O)N(CC)CC)ccc2C)cc1. The molecule has 152 valence electrons. The number of rotatable bonds is 9. The van der Waals surface area contributed by atoms with Gasteiger partial charge in [0.15, 0.2) is 12.4 Å². The van der Waals surface area contributed by atoms with Crippen LogP contribution in [0.4, 0.5) is 5.69 Å². The summed E-state index contributed by atoms with van der Waals surface area (Å²) in [5.74, 6) is -0.200. The molecule has 0 unspecified atom stereocenters. The number of nitrogens with one attached hydrogen (secondary N) is 1. The smallest absolute Gasteiger partial charge is 0.290 e. The van der Waals surface area contributed by atoms with E-state index in [9.17, 15) is 13.2 Å². The van der Waals surface area contributed by atoms with Crippen LogP contribution in [0.3, 0.4) is 0 Å². The van der Waals surface area contributed by atoms with E-state index in [4.69, 9.17) is 0 Å². The van der Waals surface area contributed by atoms with Gasteiger partial charge in [-0.3, -0.25) is 4.79 Å². The second kappa shape index (κ2) is 9.80. The number of carbonyl (C=O) groups excluding carboxylic acids is 1. The standard InChI is InChI=1S/C21H29N3O3S/c1-5-8-18-11-13-23(14-12-18)16-21(25)22-20-15-19(10-9-17(20)4)28(26,27)24(6-2)7-3/h9-15H,5-8,16H2,1-4H3/p+1. The predicted molar refractivity (Wildman–Crippen MR) is 111 cm³/mol. The summed E-state index contributed by atoms with van der Waals surface area (Å²) >= 11 is 0. The number of carbonyl (C=O) groups is 1. The molecule has 28 heavy (non-hydrogen) atoms. The number of benzene rings is 1. The Morgan fingerprint density at radius 1 is 1.07 bits per heavy atom. The van der Waals surface area contributed by atoms with Gasteiger partial charge in [-0.25, -0.2) is 8.42 Å². The highest BCUT2D eigenvalue weighted by atomic mass is 32.2. The van der Waals surface area contributed by atoms with Gasteiger partial charge in [0.2, 0.25) is 16.6 Å². The minimum atomic E-state index is -3.57. The number of hydrogen-bond donors (Lipinski definition) is 1. The number of nitrogens with zero attached hydrogens (tertiary/aromatic N) is 2. The van der Waals surface area contributed by atoms with Crippen LogP contribution >= 0.6 is 0 Å². The van der Waals surface area contributed by atoms with E-state index in [1.54, 1.807) is 30.5 Å². The Hall–Kier alpha value is -2.25. The van der Waals surface area contributed by atoms with Crippen LogP contribution < -0.4 is 9.88 Å². The number of aromatic nitrogens is 1. The minimum absolute atomic E-state index is 0.166. The van der Waals surface area contributed by atoms with Gasteiger partial charge in [0.05, 0.1) is 4.90 Å². The van der Waals surface area contributed by atoms with E-state index in [-0.39, 0.29) is 17.3 Å². The highest BCUT2D eigenvalue weighted by Gasteiger charge is 2.22. The van der Waals surface area contributed by atoms with Crippen LogP contribution in [0.25, 0.3) is 0 Å². The molecule has 2 aromatic rings. The summed E-state index contributed by atoms with van der Waals surface area (Å²) < 4.78 is 28.7. The molecule has 0 fully saturated rings. The molecule has 6 nitrogen and oxygen atoms in total. The molecule has 1 N–H and O–H groups in total. The largest absolute Gasteiger partial charge is 0.320 e. The molecular formula is C21H30N3O3S+. The second-order valence-electron chi connectivity index (χ2n) is 6.74. The van der Waals surface area contributed by atoms with Crippen LogP contribution in [0, 0.1) is 6.92 Å². The lowest BCUT2D eigenvalue weighted by Crippen LogP contribution is -2.39. The van der Waals surface area contributed by atoms with Crippen LogP contribution in [0.5, 0.6) is 0 Å². The minimum Gasteiger partial charge on any atom is -0.320 e. The summed E-state index contributed by atoms with van der Waals surface area (Å²) in [7, 11) is -3.57. The Balaban J connectivity index is 2.16. The molecular weight excluding hydrogens is 374 g/mol. The normalized spacial score (nSPS) is 11.6. The highest BCUT2D eigenvalue weighted by Crippen LogP contribution is 2.23. The summed E-state index contributed by atoms with van der Waals surface area (Å²) in [6.07, 6.45) is 5.87. The highest BCUT2D eigenvalue weighted by molar-refractivity contribution is 7.89. The van der Waals surface area contributed by atoms with Crippen molar-refractivity contribution in [1.29, 1.82) is 0 Å². The zero-order valence-corrected chi connectivity index (χ0v) is 17.9. The number of anilines is 1.